The van der Waals surface area contributed by atoms with Gasteiger partial charge in [0, 0.05) is 30.5 Å². The number of ether oxygens (including phenoxy) is 3. The number of nitrogens with two attached hydrogens (primary N) is 1. The van der Waals surface area contributed by atoms with Crippen molar-refractivity contribution in [2.24, 2.45) is 10.7 Å². The lowest BCUT2D eigenvalue weighted by molar-refractivity contribution is -0.182. The van der Waals surface area contributed by atoms with Crippen molar-refractivity contribution in [1.29, 1.82) is 5.41 Å². The number of aromatic amines is 2. The van der Waals surface area contributed by atoms with Gasteiger partial charge < -0.3 is 24.9 Å². The van der Waals surface area contributed by atoms with Crippen molar-refractivity contribution < 1.29 is 19.0 Å². The Balaban J connectivity index is 1.47. The van der Waals surface area contributed by atoms with Gasteiger partial charge in [0.25, 0.3) is 5.56 Å². The molecule has 188 valence electrons. The number of esters is 1. The van der Waals surface area contributed by atoms with Crippen molar-refractivity contribution in [2.45, 2.75) is 62.7 Å². The van der Waals surface area contributed by atoms with Crippen LogP contribution in [0.15, 0.2) is 46.2 Å². The topological polar surface area (TPSA) is 156 Å². The number of benzene rings is 1. The van der Waals surface area contributed by atoms with Crippen LogP contribution in [0.1, 0.15) is 56.2 Å². The minimum Gasteiger partial charge on any atom is -0.462 e. The maximum Gasteiger partial charge on any atom is 0.338 e. The van der Waals surface area contributed by atoms with Crippen LogP contribution in [-0.4, -0.2) is 52.7 Å². The van der Waals surface area contributed by atoms with Gasteiger partial charge in [-0.25, -0.2) is 4.79 Å². The number of carbonyl (C=O) groups excluding carboxylic acids is 1. The molecule has 1 saturated carbocycles. The fourth-order valence-corrected chi connectivity index (χ4v) is 4.45. The molecule has 1 aliphatic carbocycles. The van der Waals surface area contributed by atoms with Gasteiger partial charge in [-0.05, 0) is 38.5 Å². The molecule has 1 aromatic heterocycles. The van der Waals surface area contributed by atoms with E-state index >= 15 is 0 Å². The number of H-pyrrole nitrogens is 2. The summed E-state index contributed by atoms with van der Waals surface area (Å²) in [5.41, 5.74) is 5.55. The molecule has 1 aromatic carbocycles. The third-order valence-corrected chi connectivity index (χ3v) is 6.61. The SMILES string of the molecule is N=C(/N=c1/[nH]c(COC2(C(=O)OCC3(N)CCOCC3)CCCCC2)cc(=O)[nH]1)c1ccccc1. The molecule has 2 aromatic rings. The third-order valence-electron chi connectivity index (χ3n) is 6.61. The highest BCUT2D eigenvalue weighted by Crippen LogP contribution is 2.34. The third kappa shape index (κ3) is 6.53. The van der Waals surface area contributed by atoms with E-state index in [1.807, 2.05) is 18.2 Å². The summed E-state index contributed by atoms with van der Waals surface area (Å²) in [6.45, 7) is 1.25. The van der Waals surface area contributed by atoms with E-state index in [2.05, 4.69) is 15.0 Å². The number of nitrogens with one attached hydrogen (secondary N) is 3. The maximum absolute atomic E-state index is 13.2. The lowest BCUT2D eigenvalue weighted by Crippen LogP contribution is -2.52. The van der Waals surface area contributed by atoms with Crippen LogP contribution in [0.2, 0.25) is 0 Å². The van der Waals surface area contributed by atoms with Crippen LogP contribution in [0.4, 0.5) is 0 Å². The quantitative estimate of drug-likeness (QED) is 0.268. The van der Waals surface area contributed by atoms with Crippen molar-refractivity contribution in [3.8, 4) is 0 Å². The summed E-state index contributed by atoms with van der Waals surface area (Å²) < 4.78 is 17.2. The summed E-state index contributed by atoms with van der Waals surface area (Å²) in [6, 6.07) is 10.4. The molecule has 2 aliphatic rings. The minimum absolute atomic E-state index is 0.00180. The summed E-state index contributed by atoms with van der Waals surface area (Å²) in [6.07, 6.45) is 5.10. The molecule has 35 heavy (non-hydrogen) atoms. The first kappa shape index (κ1) is 25.0. The summed E-state index contributed by atoms with van der Waals surface area (Å²) in [5.74, 6) is -0.402. The molecule has 5 N–H and O–H groups in total. The van der Waals surface area contributed by atoms with Gasteiger partial charge >= 0.3 is 5.97 Å². The lowest BCUT2D eigenvalue weighted by atomic mass is 9.84. The van der Waals surface area contributed by atoms with E-state index in [9.17, 15) is 9.59 Å². The van der Waals surface area contributed by atoms with E-state index in [1.165, 1.54) is 6.07 Å². The Bertz CT molecular complexity index is 1140. The number of aromatic nitrogens is 2. The van der Waals surface area contributed by atoms with E-state index in [0.717, 1.165) is 19.3 Å². The predicted octanol–water partition coefficient (Wildman–Crippen LogP) is 1.90. The Morgan fingerprint density at radius 3 is 2.51 bits per heavy atom. The molecule has 10 heteroatoms. The molecule has 1 saturated heterocycles. The molecule has 0 atom stereocenters. The Hall–Kier alpha value is -3.08. The Labute approximate surface area is 203 Å². The molecule has 0 amide bonds. The van der Waals surface area contributed by atoms with Crippen LogP contribution in [0.25, 0.3) is 0 Å². The van der Waals surface area contributed by atoms with Crippen molar-refractivity contribution in [2.75, 3.05) is 19.8 Å². The van der Waals surface area contributed by atoms with Crippen molar-refractivity contribution in [1.82, 2.24) is 9.97 Å². The summed E-state index contributed by atoms with van der Waals surface area (Å²) in [4.78, 5) is 35.2. The van der Waals surface area contributed by atoms with E-state index in [1.54, 1.807) is 12.1 Å². The molecule has 0 bridgehead atoms. The molecular formula is C25H33N5O5. The fraction of sp³-hybridized carbons (Fsp3) is 0.520. The van der Waals surface area contributed by atoms with Gasteiger partial charge in [-0.15, -0.1) is 0 Å². The average Bonchev–Trinajstić information content (AvgIpc) is 2.87. The van der Waals surface area contributed by atoms with Crippen molar-refractivity contribution in [3.63, 3.8) is 0 Å². The van der Waals surface area contributed by atoms with Gasteiger partial charge in [-0.3, -0.25) is 15.2 Å². The van der Waals surface area contributed by atoms with Gasteiger partial charge in [0.1, 0.15) is 6.61 Å². The molecule has 10 nitrogen and oxygen atoms in total. The number of amidine groups is 1. The summed E-state index contributed by atoms with van der Waals surface area (Å²) >= 11 is 0. The van der Waals surface area contributed by atoms with Crippen LogP contribution < -0.4 is 16.9 Å². The molecule has 2 heterocycles. The van der Waals surface area contributed by atoms with Crippen LogP contribution in [0, 0.1) is 5.41 Å². The average molecular weight is 484 g/mol. The standard InChI is InChI=1S/C25H33N5O5/c26-21(18-7-3-1-4-8-18)30-23-28-19(15-20(31)29-23)16-35-25(9-5-2-6-10-25)22(32)34-17-24(27)11-13-33-14-12-24/h1,3-4,7-8,15H,2,5-6,9-14,16-17,27H2,(H3,26,28,29,30,31). The first-order valence-corrected chi connectivity index (χ1v) is 12.1. The zero-order valence-corrected chi connectivity index (χ0v) is 19.8. The largest absolute Gasteiger partial charge is 0.462 e. The first-order valence-electron chi connectivity index (χ1n) is 12.1. The van der Waals surface area contributed by atoms with Gasteiger partial charge in [0.15, 0.2) is 11.4 Å². The normalized spacial score (nSPS) is 19.7. The summed E-state index contributed by atoms with van der Waals surface area (Å²) in [5, 5.41) is 8.18. The molecule has 0 spiro atoms. The highest BCUT2D eigenvalue weighted by Gasteiger charge is 2.43. The van der Waals surface area contributed by atoms with Crippen LogP contribution in [-0.2, 0) is 25.6 Å². The molecular weight excluding hydrogens is 450 g/mol. The zero-order valence-electron chi connectivity index (χ0n) is 19.8. The second-order valence-corrected chi connectivity index (χ2v) is 9.35. The maximum atomic E-state index is 13.2. The molecule has 0 radical (unpaired) electrons. The monoisotopic (exact) mass is 483 g/mol. The number of hydrogen-bond donors (Lipinski definition) is 4. The second kappa shape index (κ2) is 11.1. The van der Waals surface area contributed by atoms with Crippen LogP contribution in [0.5, 0.6) is 0 Å². The van der Waals surface area contributed by atoms with E-state index in [0.29, 0.717) is 50.2 Å². The number of carbonyl (C=O) groups is 1. The minimum atomic E-state index is -1.08. The second-order valence-electron chi connectivity index (χ2n) is 9.35. The predicted molar refractivity (Wildman–Crippen MR) is 129 cm³/mol. The zero-order chi connectivity index (χ0) is 24.7. The highest BCUT2D eigenvalue weighted by atomic mass is 16.6. The highest BCUT2D eigenvalue weighted by molar-refractivity contribution is 5.96. The molecule has 0 unspecified atom stereocenters. The van der Waals surface area contributed by atoms with E-state index in [4.69, 9.17) is 25.4 Å². The van der Waals surface area contributed by atoms with Gasteiger partial charge in [0.05, 0.1) is 12.1 Å². The molecule has 1 aliphatic heterocycles. The Kier molecular flexibility index (Phi) is 7.94. The van der Waals surface area contributed by atoms with E-state index in [-0.39, 0.29) is 30.2 Å². The Morgan fingerprint density at radius 2 is 1.80 bits per heavy atom. The van der Waals surface area contributed by atoms with Crippen LogP contribution >= 0.6 is 0 Å². The lowest BCUT2D eigenvalue weighted by Gasteiger charge is -2.37. The molecule has 4 rings (SSSR count). The van der Waals surface area contributed by atoms with Crippen molar-refractivity contribution in [3.05, 3.63) is 63.6 Å². The first-order chi connectivity index (χ1) is 16.9. The van der Waals surface area contributed by atoms with Crippen molar-refractivity contribution >= 4 is 11.8 Å². The number of nitrogens with zero attached hydrogens (tertiary/aromatic N) is 1. The smallest absolute Gasteiger partial charge is 0.338 e. The Morgan fingerprint density at radius 1 is 1.09 bits per heavy atom. The number of rotatable bonds is 7. The van der Waals surface area contributed by atoms with E-state index < -0.39 is 17.1 Å². The number of hydrogen-bond acceptors (Lipinski definition) is 7. The van der Waals surface area contributed by atoms with Gasteiger partial charge in [0.2, 0.25) is 5.62 Å². The van der Waals surface area contributed by atoms with Crippen LogP contribution in [0.3, 0.4) is 0 Å². The van der Waals surface area contributed by atoms with Gasteiger partial charge in [-0.2, -0.15) is 4.99 Å². The molecule has 2 fully saturated rings. The fourth-order valence-electron chi connectivity index (χ4n) is 4.45. The van der Waals surface area contributed by atoms with Gasteiger partial charge in [-0.1, -0.05) is 36.8 Å². The summed E-state index contributed by atoms with van der Waals surface area (Å²) in [7, 11) is 0.